The molecule has 2 aliphatic heterocycles. The minimum Gasteiger partial charge on any atom is -0.508 e. The summed E-state index contributed by atoms with van der Waals surface area (Å²) in [4.78, 5) is 0. The number of aryl methyl sites for hydroxylation is 2. The zero-order valence-corrected chi connectivity index (χ0v) is 20.8. The first-order valence-corrected chi connectivity index (χ1v) is 12.5. The van der Waals surface area contributed by atoms with E-state index in [1.54, 1.807) is 36.4 Å². The predicted molar refractivity (Wildman–Crippen MR) is 131 cm³/mol. The van der Waals surface area contributed by atoms with E-state index in [9.17, 15) is 46.0 Å². The number of phenols is 1. The summed E-state index contributed by atoms with van der Waals surface area (Å²) in [5.41, 5.74) is 1.58. The fourth-order valence-electron chi connectivity index (χ4n) is 4.46. The van der Waals surface area contributed by atoms with Gasteiger partial charge in [-0.25, -0.2) is 0 Å². The molecule has 0 amide bonds. The Morgan fingerprint density at radius 2 is 1.00 bits per heavy atom. The molecule has 0 spiro atoms. The lowest BCUT2D eigenvalue weighted by Crippen LogP contribution is -2.60. The summed E-state index contributed by atoms with van der Waals surface area (Å²) in [5, 5.41) is 89.5. The number of aromatic hydroxyl groups is 1. The summed E-state index contributed by atoms with van der Waals surface area (Å²) in [5.74, 6) is 0.327. The third kappa shape index (κ3) is 6.78. The molecule has 2 saturated heterocycles. The van der Waals surface area contributed by atoms with Crippen molar-refractivity contribution in [2.45, 2.75) is 74.3 Å². The Balaban J connectivity index is 1.58. The van der Waals surface area contributed by atoms with Crippen molar-refractivity contribution in [1.82, 2.24) is 0 Å². The number of hydrogen-bond acceptors (Lipinski definition) is 13. The van der Waals surface area contributed by atoms with E-state index in [0.717, 1.165) is 5.56 Å². The molecule has 0 saturated carbocycles. The fraction of sp³-hybridized carbons (Fsp3) is 0.538. The normalized spacial score (nSPS) is 35.0. The number of hydrogen-bond donors (Lipinski definition) is 9. The van der Waals surface area contributed by atoms with Crippen molar-refractivity contribution >= 4 is 0 Å². The summed E-state index contributed by atoms with van der Waals surface area (Å²) < 4.78 is 22.4. The highest BCUT2D eigenvalue weighted by Crippen LogP contribution is 2.31. The van der Waals surface area contributed by atoms with Gasteiger partial charge < -0.3 is 64.9 Å². The van der Waals surface area contributed by atoms with Crippen LogP contribution in [0.25, 0.3) is 0 Å². The molecule has 2 heterocycles. The van der Waals surface area contributed by atoms with Crippen LogP contribution >= 0.6 is 0 Å². The Labute approximate surface area is 223 Å². The van der Waals surface area contributed by atoms with Gasteiger partial charge in [0.2, 0.25) is 12.6 Å². The molecule has 2 fully saturated rings. The molecule has 0 aliphatic carbocycles. The molecule has 13 heteroatoms. The highest BCUT2D eigenvalue weighted by Gasteiger charge is 2.46. The van der Waals surface area contributed by atoms with Crippen LogP contribution in [0.3, 0.4) is 0 Å². The number of rotatable bonds is 9. The monoisotopic (exact) mass is 554 g/mol. The first-order chi connectivity index (χ1) is 18.6. The van der Waals surface area contributed by atoms with Gasteiger partial charge in [0.05, 0.1) is 13.2 Å². The Bertz CT molecular complexity index is 1010. The van der Waals surface area contributed by atoms with E-state index in [-0.39, 0.29) is 17.2 Å². The van der Waals surface area contributed by atoms with E-state index in [4.69, 9.17) is 18.9 Å². The average Bonchev–Trinajstić information content (AvgIpc) is 2.93. The molecular formula is C26H34O13. The highest BCUT2D eigenvalue weighted by atomic mass is 16.7. The number of aliphatic hydroxyl groups is 8. The van der Waals surface area contributed by atoms with Crippen molar-refractivity contribution in [1.29, 1.82) is 0 Å². The molecule has 0 bridgehead atoms. The van der Waals surface area contributed by atoms with Crippen molar-refractivity contribution in [2.75, 3.05) is 13.2 Å². The van der Waals surface area contributed by atoms with Gasteiger partial charge in [0, 0.05) is 6.07 Å². The van der Waals surface area contributed by atoms with E-state index in [2.05, 4.69) is 0 Å². The zero-order chi connectivity index (χ0) is 28.3. The molecular weight excluding hydrogens is 520 g/mol. The van der Waals surface area contributed by atoms with E-state index in [1.807, 2.05) is 0 Å². The van der Waals surface area contributed by atoms with Crippen molar-refractivity contribution in [3.63, 3.8) is 0 Å². The molecule has 0 unspecified atom stereocenters. The number of benzene rings is 2. The first-order valence-electron chi connectivity index (χ1n) is 12.5. The Morgan fingerprint density at radius 1 is 0.564 bits per heavy atom. The van der Waals surface area contributed by atoms with Crippen LogP contribution in [-0.4, -0.2) is 121 Å². The van der Waals surface area contributed by atoms with Gasteiger partial charge in [-0.15, -0.1) is 0 Å². The maximum Gasteiger partial charge on any atom is 0.229 e. The van der Waals surface area contributed by atoms with Crippen LogP contribution < -0.4 is 9.47 Å². The third-order valence-electron chi connectivity index (χ3n) is 6.78. The third-order valence-corrected chi connectivity index (χ3v) is 6.78. The minimum atomic E-state index is -1.65. The fourth-order valence-corrected chi connectivity index (χ4v) is 4.46. The minimum absolute atomic E-state index is 0.0992. The van der Waals surface area contributed by atoms with Gasteiger partial charge in [-0.3, -0.25) is 0 Å². The maximum atomic E-state index is 10.4. The second kappa shape index (κ2) is 12.7. The predicted octanol–water partition coefficient (Wildman–Crippen LogP) is -2.47. The van der Waals surface area contributed by atoms with Gasteiger partial charge in [0.1, 0.15) is 66.1 Å². The molecule has 39 heavy (non-hydrogen) atoms. The lowest BCUT2D eigenvalue weighted by molar-refractivity contribution is -0.278. The lowest BCUT2D eigenvalue weighted by atomic mass is 9.99. The molecule has 0 aromatic heterocycles. The first kappa shape index (κ1) is 29.4. The Hall–Kier alpha value is -2.56. The summed E-state index contributed by atoms with van der Waals surface area (Å²) >= 11 is 0. The van der Waals surface area contributed by atoms with Gasteiger partial charge in [-0.2, -0.15) is 0 Å². The molecule has 10 atom stereocenters. The lowest BCUT2D eigenvalue weighted by Gasteiger charge is -2.40. The summed E-state index contributed by atoms with van der Waals surface area (Å²) in [6.07, 6.45) is -14.0. The molecule has 13 nitrogen and oxygen atoms in total. The van der Waals surface area contributed by atoms with Gasteiger partial charge in [-0.05, 0) is 48.2 Å². The van der Waals surface area contributed by atoms with Crippen LogP contribution in [0.2, 0.25) is 0 Å². The Morgan fingerprint density at radius 3 is 1.44 bits per heavy atom. The van der Waals surface area contributed by atoms with E-state index in [0.29, 0.717) is 18.4 Å². The second-order valence-corrected chi connectivity index (χ2v) is 9.61. The molecule has 216 valence electrons. The van der Waals surface area contributed by atoms with Crippen LogP contribution in [0.4, 0.5) is 0 Å². The Kier molecular flexibility index (Phi) is 9.61. The van der Waals surface area contributed by atoms with Gasteiger partial charge in [0.15, 0.2) is 0 Å². The number of ether oxygens (including phenoxy) is 4. The SMILES string of the molecule is OC[C@H]1O[C@@H](Oc2cc(CCc3ccc(O)cc3)cc(O[C@@H]3O[C@H](CO)[C@H](O)[C@H](O)[C@H]3O)c2)[C@H](O)[C@@H](O)[C@H]1O. The summed E-state index contributed by atoms with van der Waals surface area (Å²) in [6.45, 7) is -1.27. The van der Waals surface area contributed by atoms with E-state index < -0.39 is 74.6 Å². The van der Waals surface area contributed by atoms with E-state index in [1.165, 1.54) is 6.07 Å². The van der Waals surface area contributed by atoms with Crippen molar-refractivity contribution in [2.24, 2.45) is 0 Å². The smallest absolute Gasteiger partial charge is 0.229 e. The molecule has 2 aromatic rings. The second-order valence-electron chi connectivity index (χ2n) is 9.61. The summed E-state index contributed by atoms with van der Waals surface area (Å²) in [6, 6.07) is 11.2. The van der Waals surface area contributed by atoms with Gasteiger partial charge >= 0.3 is 0 Å². The molecule has 4 rings (SSSR count). The van der Waals surface area contributed by atoms with Gasteiger partial charge in [0.25, 0.3) is 0 Å². The van der Waals surface area contributed by atoms with Crippen molar-refractivity contribution in [3.8, 4) is 17.2 Å². The molecule has 2 aromatic carbocycles. The van der Waals surface area contributed by atoms with Crippen molar-refractivity contribution < 1.29 is 64.9 Å². The standard InChI is InChI=1S/C26H34O13/c27-10-17-19(30)21(32)23(34)25(38-17)36-15-7-13(2-1-12-3-5-14(29)6-4-12)8-16(9-15)37-26-24(35)22(33)20(31)18(11-28)39-26/h3-9,17-35H,1-2,10-11H2/t17-,18-,19+,20+,21+,22+,23-,24-,25-,26-/m1/s1. The molecule has 2 aliphatic rings. The molecule has 0 radical (unpaired) electrons. The highest BCUT2D eigenvalue weighted by molar-refractivity contribution is 5.39. The quantitative estimate of drug-likeness (QED) is 0.157. The van der Waals surface area contributed by atoms with Gasteiger partial charge in [-0.1, -0.05) is 12.1 Å². The van der Waals surface area contributed by atoms with Crippen LogP contribution in [0.1, 0.15) is 11.1 Å². The van der Waals surface area contributed by atoms with E-state index >= 15 is 0 Å². The average molecular weight is 555 g/mol. The van der Waals surface area contributed by atoms with Crippen LogP contribution in [0.5, 0.6) is 17.2 Å². The van der Waals surface area contributed by atoms with Crippen molar-refractivity contribution in [3.05, 3.63) is 53.6 Å². The van der Waals surface area contributed by atoms with Crippen LogP contribution in [0, 0.1) is 0 Å². The van der Waals surface area contributed by atoms with Crippen LogP contribution in [0.15, 0.2) is 42.5 Å². The molecule has 9 N–H and O–H groups in total. The maximum absolute atomic E-state index is 10.4. The topological polar surface area (TPSA) is 219 Å². The largest absolute Gasteiger partial charge is 0.508 e. The number of aliphatic hydroxyl groups excluding tert-OH is 8. The van der Waals surface area contributed by atoms with Crippen LogP contribution in [-0.2, 0) is 22.3 Å². The zero-order valence-electron chi connectivity index (χ0n) is 20.8. The number of phenolic OH excluding ortho intramolecular Hbond substituents is 1. The summed E-state index contributed by atoms with van der Waals surface area (Å²) in [7, 11) is 0.